The molecule has 0 saturated heterocycles. The van der Waals surface area contributed by atoms with Gasteiger partial charge in [0.15, 0.2) is 5.96 Å². The first-order valence-corrected chi connectivity index (χ1v) is 9.88. The number of nitrogens with one attached hydrogen (secondary N) is 2. The Bertz CT molecular complexity index is 544. The minimum absolute atomic E-state index is 0.200. The van der Waals surface area contributed by atoms with Crippen LogP contribution in [0.2, 0.25) is 0 Å². The molecule has 6 heteroatoms. The molecule has 2 atom stereocenters. The zero-order valence-corrected chi connectivity index (χ0v) is 17.5. The molecule has 1 aromatic rings. The molecule has 0 aliphatic rings. The first kappa shape index (κ1) is 23.2. The fourth-order valence-electron chi connectivity index (χ4n) is 2.48. The van der Waals surface area contributed by atoms with E-state index in [0.717, 1.165) is 43.9 Å². The van der Waals surface area contributed by atoms with Crippen LogP contribution in [0.15, 0.2) is 29.3 Å². The van der Waals surface area contributed by atoms with Crippen molar-refractivity contribution in [1.29, 1.82) is 0 Å². The molecule has 1 rings (SSSR count). The maximum Gasteiger partial charge on any atom is 0.191 e. The van der Waals surface area contributed by atoms with Crippen molar-refractivity contribution < 1.29 is 14.6 Å². The molecule has 0 aromatic heterocycles. The summed E-state index contributed by atoms with van der Waals surface area (Å²) in [7, 11) is 1.66. The van der Waals surface area contributed by atoms with Crippen molar-refractivity contribution in [2.24, 2.45) is 10.9 Å². The summed E-state index contributed by atoms with van der Waals surface area (Å²) in [6, 6.07) is 7.87. The van der Waals surface area contributed by atoms with Gasteiger partial charge in [-0.25, -0.2) is 4.99 Å². The lowest BCUT2D eigenvalue weighted by Gasteiger charge is -2.30. The van der Waals surface area contributed by atoms with Crippen LogP contribution in [0.25, 0.3) is 0 Å². The van der Waals surface area contributed by atoms with E-state index in [2.05, 4.69) is 29.5 Å². The van der Waals surface area contributed by atoms with Gasteiger partial charge in [-0.05, 0) is 43.9 Å². The van der Waals surface area contributed by atoms with Crippen LogP contribution in [-0.2, 0) is 11.3 Å². The van der Waals surface area contributed by atoms with Crippen LogP contribution in [-0.4, -0.2) is 50.1 Å². The number of rotatable bonds is 12. The van der Waals surface area contributed by atoms with Gasteiger partial charge in [0.1, 0.15) is 5.75 Å². The number of methoxy groups -OCH3 is 1. The normalized spacial score (nSPS) is 15.1. The van der Waals surface area contributed by atoms with Gasteiger partial charge in [0, 0.05) is 26.3 Å². The van der Waals surface area contributed by atoms with Gasteiger partial charge in [-0.15, -0.1) is 0 Å². The number of guanidine groups is 1. The number of ether oxygens (including phenoxy) is 2. The Morgan fingerprint density at radius 2 is 1.93 bits per heavy atom. The molecule has 27 heavy (non-hydrogen) atoms. The first-order valence-electron chi connectivity index (χ1n) is 9.88. The Hall–Kier alpha value is -1.79. The summed E-state index contributed by atoms with van der Waals surface area (Å²) >= 11 is 0. The molecule has 0 fully saturated rings. The number of hydrogen-bond donors (Lipinski definition) is 3. The quantitative estimate of drug-likeness (QED) is 0.296. The summed E-state index contributed by atoms with van der Waals surface area (Å²) in [5, 5.41) is 17.2. The fourth-order valence-corrected chi connectivity index (χ4v) is 2.48. The number of aliphatic imine (C=N–C) groups is 1. The van der Waals surface area contributed by atoms with Crippen LogP contribution in [0.5, 0.6) is 5.75 Å². The van der Waals surface area contributed by atoms with Crippen molar-refractivity contribution in [3.05, 3.63) is 29.8 Å². The van der Waals surface area contributed by atoms with E-state index < -0.39 is 5.60 Å². The highest BCUT2D eigenvalue weighted by Gasteiger charge is 2.27. The highest BCUT2D eigenvalue weighted by molar-refractivity contribution is 5.79. The van der Waals surface area contributed by atoms with Gasteiger partial charge >= 0.3 is 0 Å². The number of hydrogen-bond acceptors (Lipinski definition) is 4. The van der Waals surface area contributed by atoms with Gasteiger partial charge in [0.2, 0.25) is 0 Å². The van der Waals surface area contributed by atoms with E-state index in [-0.39, 0.29) is 5.92 Å². The smallest absolute Gasteiger partial charge is 0.191 e. The second-order valence-electron chi connectivity index (χ2n) is 7.01. The molecule has 0 bridgehead atoms. The van der Waals surface area contributed by atoms with E-state index in [4.69, 9.17) is 9.47 Å². The SMILES string of the molecule is CCOCCCNC(=NCc1ccc(OC)cc1)NCC(C)(O)C(C)CC. The highest BCUT2D eigenvalue weighted by atomic mass is 16.5. The van der Waals surface area contributed by atoms with Crippen molar-refractivity contribution in [2.45, 2.75) is 52.7 Å². The summed E-state index contributed by atoms with van der Waals surface area (Å²) in [4.78, 5) is 4.66. The van der Waals surface area contributed by atoms with E-state index in [1.807, 2.05) is 38.1 Å². The van der Waals surface area contributed by atoms with Gasteiger partial charge in [0.05, 0.1) is 19.3 Å². The molecule has 3 N–H and O–H groups in total. The number of nitrogens with zero attached hydrogens (tertiary/aromatic N) is 1. The third kappa shape index (κ3) is 9.11. The van der Waals surface area contributed by atoms with E-state index in [0.29, 0.717) is 19.0 Å². The van der Waals surface area contributed by atoms with Gasteiger partial charge in [-0.2, -0.15) is 0 Å². The van der Waals surface area contributed by atoms with Crippen LogP contribution in [0.4, 0.5) is 0 Å². The van der Waals surface area contributed by atoms with Crippen LogP contribution in [0.3, 0.4) is 0 Å². The summed E-state index contributed by atoms with van der Waals surface area (Å²) in [5.74, 6) is 1.73. The standard InChI is InChI=1S/C21H37N3O3/c1-6-17(3)21(4,25)16-24-20(22-13-8-14-27-7-2)23-15-18-9-11-19(26-5)12-10-18/h9-12,17,25H,6-8,13-16H2,1-5H3,(H2,22,23,24). The van der Waals surface area contributed by atoms with Gasteiger partial charge in [-0.1, -0.05) is 32.4 Å². The lowest BCUT2D eigenvalue weighted by atomic mass is 9.89. The first-order chi connectivity index (χ1) is 12.9. The predicted octanol–water partition coefficient (Wildman–Crippen LogP) is 2.95. The molecule has 1 aromatic carbocycles. The van der Waals surface area contributed by atoms with Crippen LogP contribution >= 0.6 is 0 Å². The summed E-state index contributed by atoms with van der Waals surface area (Å²) in [5.41, 5.74) is 0.308. The van der Waals surface area contributed by atoms with Crippen molar-refractivity contribution in [1.82, 2.24) is 10.6 Å². The molecule has 0 spiro atoms. The molecular weight excluding hydrogens is 342 g/mol. The molecule has 0 aliphatic carbocycles. The fraction of sp³-hybridized carbons (Fsp3) is 0.667. The minimum Gasteiger partial charge on any atom is -0.497 e. The zero-order chi connectivity index (χ0) is 20.1. The Labute approximate surface area is 164 Å². The average molecular weight is 380 g/mol. The molecule has 0 radical (unpaired) electrons. The molecular formula is C21H37N3O3. The van der Waals surface area contributed by atoms with E-state index in [1.54, 1.807) is 7.11 Å². The molecule has 2 unspecified atom stereocenters. The molecule has 0 amide bonds. The number of benzene rings is 1. The summed E-state index contributed by atoms with van der Waals surface area (Å²) < 4.78 is 10.6. The summed E-state index contributed by atoms with van der Waals surface area (Å²) in [6.07, 6.45) is 1.83. The zero-order valence-electron chi connectivity index (χ0n) is 17.5. The minimum atomic E-state index is -0.789. The molecule has 0 saturated carbocycles. The second-order valence-corrected chi connectivity index (χ2v) is 7.01. The van der Waals surface area contributed by atoms with E-state index >= 15 is 0 Å². The maximum absolute atomic E-state index is 10.6. The van der Waals surface area contributed by atoms with E-state index in [9.17, 15) is 5.11 Å². The predicted molar refractivity (Wildman–Crippen MR) is 111 cm³/mol. The maximum atomic E-state index is 10.6. The third-order valence-corrected chi connectivity index (χ3v) is 4.83. The Kier molecular flexibility index (Phi) is 10.8. The molecule has 0 heterocycles. The Morgan fingerprint density at radius 1 is 1.22 bits per heavy atom. The van der Waals surface area contributed by atoms with Crippen molar-refractivity contribution >= 4 is 5.96 Å². The molecule has 6 nitrogen and oxygen atoms in total. The monoisotopic (exact) mass is 379 g/mol. The molecule has 154 valence electrons. The highest BCUT2D eigenvalue weighted by Crippen LogP contribution is 2.18. The van der Waals surface area contributed by atoms with Crippen LogP contribution < -0.4 is 15.4 Å². The lowest BCUT2D eigenvalue weighted by molar-refractivity contribution is 0.00930. The Morgan fingerprint density at radius 3 is 2.52 bits per heavy atom. The van der Waals surface area contributed by atoms with Gasteiger partial charge in [-0.3, -0.25) is 0 Å². The lowest BCUT2D eigenvalue weighted by Crippen LogP contribution is -2.48. The van der Waals surface area contributed by atoms with Crippen molar-refractivity contribution in [3.63, 3.8) is 0 Å². The van der Waals surface area contributed by atoms with Crippen molar-refractivity contribution in [3.8, 4) is 5.75 Å². The van der Waals surface area contributed by atoms with Crippen LogP contribution in [0.1, 0.15) is 46.1 Å². The topological polar surface area (TPSA) is 75.1 Å². The van der Waals surface area contributed by atoms with E-state index in [1.165, 1.54) is 0 Å². The number of aliphatic hydroxyl groups is 1. The second kappa shape index (κ2) is 12.6. The third-order valence-electron chi connectivity index (χ3n) is 4.83. The van der Waals surface area contributed by atoms with Crippen LogP contribution in [0, 0.1) is 5.92 Å². The summed E-state index contributed by atoms with van der Waals surface area (Å²) in [6.45, 7) is 11.2. The molecule has 0 aliphatic heterocycles. The largest absolute Gasteiger partial charge is 0.497 e. The average Bonchev–Trinajstić information content (AvgIpc) is 2.68. The van der Waals surface area contributed by atoms with Crippen molar-refractivity contribution in [2.75, 3.05) is 33.4 Å². The van der Waals surface area contributed by atoms with Gasteiger partial charge < -0.3 is 25.2 Å². The Balaban J connectivity index is 2.67. The van der Waals surface area contributed by atoms with Gasteiger partial charge in [0.25, 0.3) is 0 Å².